The van der Waals surface area contributed by atoms with Gasteiger partial charge in [-0.15, -0.1) is 0 Å². The summed E-state index contributed by atoms with van der Waals surface area (Å²) in [4.78, 5) is 25.8. The van der Waals surface area contributed by atoms with Crippen LogP contribution in [0.15, 0.2) is 36.5 Å². The average molecular weight is 354 g/mol. The van der Waals surface area contributed by atoms with E-state index >= 15 is 0 Å². The van der Waals surface area contributed by atoms with Crippen LogP contribution < -0.4 is 11.1 Å². The summed E-state index contributed by atoms with van der Waals surface area (Å²) in [5.41, 5.74) is 6.97. The number of aromatic nitrogens is 1. The summed E-state index contributed by atoms with van der Waals surface area (Å²) in [5.74, 6) is 5.50. The smallest absolute Gasteiger partial charge is 0.407 e. The van der Waals surface area contributed by atoms with Gasteiger partial charge >= 0.3 is 11.8 Å². The molecule has 1 aromatic heterocycles. The highest BCUT2D eigenvalue weighted by Crippen LogP contribution is 2.25. The molecule has 134 valence electrons. The molecule has 0 atom stereocenters. The molecule has 1 aromatic carbocycles. The average Bonchev–Trinajstić information content (AvgIpc) is 2.62. The van der Waals surface area contributed by atoms with Crippen LogP contribution in [-0.4, -0.2) is 22.5 Å². The number of nitrogen functional groups attached to an aromatic ring is 1. The third-order valence-corrected chi connectivity index (χ3v) is 3.47. The highest BCUT2D eigenvalue weighted by atomic mass is 16.6. The van der Waals surface area contributed by atoms with E-state index in [4.69, 9.17) is 10.5 Å². The minimum absolute atomic E-state index is 0.138. The van der Waals surface area contributed by atoms with Crippen molar-refractivity contribution in [2.24, 2.45) is 0 Å². The lowest BCUT2D eigenvalue weighted by atomic mass is 10.1. The number of benzene rings is 1. The molecule has 8 heteroatoms. The molecule has 0 spiro atoms. The van der Waals surface area contributed by atoms with E-state index in [-0.39, 0.29) is 18.1 Å². The molecule has 0 unspecified atom stereocenters. The number of amides is 1. The zero-order valence-electron chi connectivity index (χ0n) is 14.2. The monoisotopic (exact) mass is 354 g/mol. The van der Waals surface area contributed by atoms with E-state index in [9.17, 15) is 14.9 Å². The van der Waals surface area contributed by atoms with Crippen molar-refractivity contribution < 1.29 is 14.5 Å². The molecule has 0 saturated carbocycles. The number of alkyl carbamates (subject to hydrolysis) is 1. The van der Waals surface area contributed by atoms with E-state index in [2.05, 4.69) is 22.1 Å². The Morgan fingerprint density at radius 3 is 2.81 bits per heavy atom. The number of nitrogens with one attached hydrogen (secondary N) is 1. The molecule has 1 heterocycles. The van der Waals surface area contributed by atoms with Crippen molar-refractivity contribution in [3.05, 3.63) is 63.3 Å². The Labute approximate surface area is 150 Å². The molecule has 0 aliphatic rings. The summed E-state index contributed by atoms with van der Waals surface area (Å²) >= 11 is 0. The molecule has 8 nitrogen and oxygen atoms in total. The molecule has 0 radical (unpaired) electrons. The molecular formula is C18H18N4O4. The molecule has 0 fully saturated rings. The van der Waals surface area contributed by atoms with Gasteiger partial charge in [-0.25, -0.2) is 9.78 Å². The van der Waals surface area contributed by atoms with Crippen molar-refractivity contribution in [1.29, 1.82) is 0 Å². The quantitative estimate of drug-likeness (QED) is 0.368. The summed E-state index contributed by atoms with van der Waals surface area (Å²) in [6, 6.07) is 9.34. The first-order valence-corrected chi connectivity index (χ1v) is 7.82. The first kappa shape index (κ1) is 18.7. The Hall–Kier alpha value is -3.60. The number of hydrogen-bond donors (Lipinski definition) is 2. The van der Waals surface area contributed by atoms with Crippen LogP contribution in [0.3, 0.4) is 0 Å². The minimum Gasteiger partial charge on any atom is -0.445 e. The van der Waals surface area contributed by atoms with Gasteiger partial charge < -0.3 is 15.8 Å². The molecule has 2 rings (SSSR count). The SMILES string of the molecule is Cc1c(C#CCCNC(=O)OCc2ccccc2)cnc(N)c1[N+](=O)[O-]. The molecule has 2 aromatic rings. The van der Waals surface area contributed by atoms with Gasteiger partial charge in [0.1, 0.15) is 6.61 Å². The van der Waals surface area contributed by atoms with Crippen LogP contribution in [0.1, 0.15) is 23.1 Å². The molecule has 0 saturated heterocycles. The topological polar surface area (TPSA) is 120 Å². The van der Waals surface area contributed by atoms with Gasteiger partial charge in [0.15, 0.2) is 0 Å². The van der Waals surface area contributed by atoms with Gasteiger partial charge in [0.05, 0.1) is 10.5 Å². The summed E-state index contributed by atoms with van der Waals surface area (Å²) in [6.07, 6.45) is 1.22. The largest absolute Gasteiger partial charge is 0.445 e. The number of nitro groups is 1. The van der Waals surface area contributed by atoms with Gasteiger partial charge in [-0.2, -0.15) is 0 Å². The lowest BCUT2D eigenvalue weighted by Gasteiger charge is -2.05. The standard InChI is InChI=1S/C18H18N4O4/c1-13-15(11-21-17(19)16(13)22(24)25)9-5-6-10-20-18(23)26-12-14-7-3-2-4-8-14/h2-4,7-8,11H,6,10,12H2,1H3,(H2,19,21)(H,20,23). The molecule has 0 aliphatic carbocycles. The highest BCUT2D eigenvalue weighted by molar-refractivity contribution is 5.67. The van der Waals surface area contributed by atoms with E-state index in [1.54, 1.807) is 6.92 Å². The van der Waals surface area contributed by atoms with Crippen LogP contribution in [0.5, 0.6) is 0 Å². The number of nitrogens with two attached hydrogens (primary N) is 1. The van der Waals surface area contributed by atoms with Gasteiger partial charge in [-0.3, -0.25) is 10.1 Å². The number of carbonyl (C=O) groups excluding carboxylic acids is 1. The Bertz CT molecular complexity index is 857. The van der Waals surface area contributed by atoms with E-state index in [1.165, 1.54) is 6.20 Å². The lowest BCUT2D eigenvalue weighted by Crippen LogP contribution is -2.24. The van der Waals surface area contributed by atoms with Crippen molar-refractivity contribution in [2.45, 2.75) is 20.0 Å². The van der Waals surface area contributed by atoms with Crippen molar-refractivity contribution in [3.8, 4) is 11.8 Å². The maximum absolute atomic E-state index is 11.6. The molecule has 3 N–H and O–H groups in total. The van der Waals surface area contributed by atoms with Crippen LogP contribution in [0, 0.1) is 28.9 Å². The number of nitrogens with zero attached hydrogens (tertiary/aromatic N) is 2. The van der Waals surface area contributed by atoms with Crippen molar-refractivity contribution in [3.63, 3.8) is 0 Å². The van der Waals surface area contributed by atoms with Gasteiger partial charge in [0, 0.05) is 24.7 Å². The Morgan fingerprint density at radius 2 is 2.12 bits per heavy atom. The van der Waals surface area contributed by atoms with E-state index in [0.717, 1.165) is 5.56 Å². The number of carbonyl (C=O) groups is 1. The third kappa shape index (κ3) is 5.21. The van der Waals surface area contributed by atoms with Crippen molar-refractivity contribution in [2.75, 3.05) is 12.3 Å². The zero-order chi connectivity index (χ0) is 18.9. The minimum atomic E-state index is -0.576. The fourth-order valence-electron chi connectivity index (χ4n) is 2.13. The zero-order valence-corrected chi connectivity index (χ0v) is 14.2. The fourth-order valence-corrected chi connectivity index (χ4v) is 2.13. The predicted octanol–water partition coefficient (Wildman–Crippen LogP) is 2.55. The Kier molecular flexibility index (Phi) is 6.51. The molecule has 26 heavy (non-hydrogen) atoms. The normalized spacial score (nSPS) is 9.73. The van der Waals surface area contributed by atoms with Crippen LogP contribution in [0.25, 0.3) is 0 Å². The van der Waals surface area contributed by atoms with E-state index in [0.29, 0.717) is 24.1 Å². The van der Waals surface area contributed by atoms with Crippen molar-refractivity contribution >= 4 is 17.6 Å². The Balaban J connectivity index is 1.81. The van der Waals surface area contributed by atoms with Crippen LogP contribution in [0.4, 0.5) is 16.3 Å². The van der Waals surface area contributed by atoms with Crippen LogP contribution >= 0.6 is 0 Å². The summed E-state index contributed by atoms with van der Waals surface area (Å²) < 4.78 is 5.07. The molecule has 1 amide bonds. The van der Waals surface area contributed by atoms with E-state index in [1.807, 2.05) is 30.3 Å². The van der Waals surface area contributed by atoms with Crippen LogP contribution in [-0.2, 0) is 11.3 Å². The maximum Gasteiger partial charge on any atom is 0.407 e. The second-order valence-electron chi connectivity index (χ2n) is 5.33. The number of pyridine rings is 1. The summed E-state index contributed by atoms with van der Waals surface area (Å²) in [6.45, 7) is 2.06. The third-order valence-electron chi connectivity index (χ3n) is 3.47. The number of hydrogen-bond acceptors (Lipinski definition) is 6. The predicted molar refractivity (Wildman–Crippen MR) is 96.2 cm³/mol. The fraction of sp³-hybridized carbons (Fsp3) is 0.222. The van der Waals surface area contributed by atoms with Crippen LogP contribution in [0.2, 0.25) is 0 Å². The van der Waals surface area contributed by atoms with Gasteiger partial charge in [-0.05, 0) is 12.5 Å². The van der Waals surface area contributed by atoms with Gasteiger partial charge in [0.2, 0.25) is 5.82 Å². The summed E-state index contributed by atoms with van der Waals surface area (Å²) in [7, 11) is 0. The highest BCUT2D eigenvalue weighted by Gasteiger charge is 2.18. The first-order chi connectivity index (χ1) is 12.5. The van der Waals surface area contributed by atoms with Crippen molar-refractivity contribution in [1.82, 2.24) is 10.3 Å². The first-order valence-electron chi connectivity index (χ1n) is 7.82. The molecule has 0 bridgehead atoms. The maximum atomic E-state index is 11.6. The summed E-state index contributed by atoms with van der Waals surface area (Å²) in [5, 5.41) is 13.6. The van der Waals surface area contributed by atoms with E-state index < -0.39 is 11.0 Å². The second kappa shape index (κ2) is 9.03. The van der Waals surface area contributed by atoms with Gasteiger partial charge in [0.25, 0.3) is 0 Å². The molecule has 0 aliphatic heterocycles. The molecular weight excluding hydrogens is 336 g/mol. The van der Waals surface area contributed by atoms with Gasteiger partial charge in [-0.1, -0.05) is 42.2 Å². The number of rotatable bonds is 5. The second-order valence-corrected chi connectivity index (χ2v) is 5.33. The Morgan fingerprint density at radius 1 is 1.38 bits per heavy atom. The number of anilines is 1. The lowest BCUT2D eigenvalue weighted by molar-refractivity contribution is -0.384. The number of ether oxygens (including phenoxy) is 1.